The molecule has 0 atom stereocenters. The third-order valence-corrected chi connectivity index (χ3v) is 2.80. The van der Waals surface area contributed by atoms with E-state index in [-0.39, 0.29) is 29.8 Å². The second kappa shape index (κ2) is 7.23. The molecule has 0 N–H and O–H groups in total. The van der Waals surface area contributed by atoms with E-state index in [4.69, 9.17) is 4.74 Å². The van der Waals surface area contributed by atoms with Crippen molar-refractivity contribution in [1.29, 1.82) is 0 Å². The summed E-state index contributed by atoms with van der Waals surface area (Å²) in [5.41, 5.74) is 1.88. The van der Waals surface area contributed by atoms with E-state index in [1.165, 1.54) is 5.56 Å². The van der Waals surface area contributed by atoms with Gasteiger partial charge in [0.1, 0.15) is 5.75 Å². The molecule has 100 valence electrons. The SMILES string of the molecule is COc1ccc(C(=O)C[n+]2ccc(C)cc2)cc1.[I-]. The monoisotopic (exact) mass is 369 g/mol. The van der Waals surface area contributed by atoms with Crippen LogP contribution in [-0.4, -0.2) is 12.9 Å². The van der Waals surface area contributed by atoms with Crippen LogP contribution in [0.3, 0.4) is 0 Å². The van der Waals surface area contributed by atoms with Crippen LogP contribution in [0.4, 0.5) is 0 Å². The lowest BCUT2D eigenvalue weighted by atomic mass is 10.1. The molecule has 0 aliphatic carbocycles. The maximum absolute atomic E-state index is 12.0. The van der Waals surface area contributed by atoms with Crippen LogP contribution in [0.15, 0.2) is 48.8 Å². The van der Waals surface area contributed by atoms with Crippen LogP contribution in [0.5, 0.6) is 5.75 Å². The van der Waals surface area contributed by atoms with Gasteiger partial charge < -0.3 is 28.7 Å². The summed E-state index contributed by atoms with van der Waals surface area (Å²) in [5, 5.41) is 0. The zero-order chi connectivity index (χ0) is 13.0. The Balaban J connectivity index is 0.00000180. The number of benzene rings is 1. The number of halogens is 1. The summed E-state index contributed by atoms with van der Waals surface area (Å²) in [4.78, 5) is 12.0. The Bertz CT molecular complexity index is 535. The van der Waals surface area contributed by atoms with E-state index in [1.807, 2.05) is 36.0 Å². The molecule has 0 fully saturated rings. The van der Waals surface area contributed by atoms with Crippen LogP contribution < -0.4 is 33.3 Å². The second-order valence-electron chi connectivity index (χ2n) is 4.20. The zero-order valence-electron chi connectivity index (χ0n) is 11.0. The minimum atomic E-state index is 0. The topological polar surface area (TPSA) is 30.2 Å². The van der Waals surface area contributed by atoms with E-state index in [0.717, 1.165) is 5.75 Å². The molecule has 0 saturated carbocycles. The Kier molecular flexibility index (Phi) is 5.95. The number of methoxy groups -OCH3 is 1. The summed E-state index contributed by atoms with van der Waals surface area (Å²) in [7, 11) is 1.61. The van der Waals surface area contributed by atoms with Gasteiger partial charge in [0.25, 0.3) is 0 Å². The van der Waals surface area contributed by atoms with E-state index >= 15 is 0 Å². The first-order valence-corrected chi connectivity index (χ1v) is 5.82. The first-order chi connectivity index (χ1) is 8.69. The summed E-state index contributed by atoms with van der Waals surface area (Å²) >= 11 is 0. The average molecular weight is 369 g/mol. The van der Waals surface area contributed by atoms with Gasteiger partial charge in [-0.3, -0.25) is 4.79 Å². The van der Waals surface area contributed by atoms with Gasteiger partial charge >= 0.3 is 0 Å². The largest absolute Gasteiger partial charge is 1.00 e. The van der Waals surface area contributed by atoms with E-state index in [9.17, 15) is 4.79 Å². The first-order valence-electron chi connectivity index (χ1n) is 5.82. The number of rotatable bonds is 4. The van der Waals surface area contributed by atoms with Gasteiger partial charge in [-0.15, -0.1) is 0 Å². The van der Waals surface area contributed by atoms with Crippen molar-refractivity contribution in [3.05, 3.63) is 59.9 Å². The molecule has 2 aromatic rings. The second-order valence-corrected chi connectivity index (χ2v) is 4.20. The van der Waals surface area contributed by atoms with Gasteiger partial charge in [0.05, 0.1) is 7.11 Å². The zero-order valence-corrected chi connectivity index (χ0v) is 13.1. The van der Waals surface area contributed by atoms with E-state index in [1.54, 1.807) is 31.4 Å². The summed E-state index contributed by atoms with van der Waals surface area (Å²) in [5.74, 6) is 0.848. The molecule has 3 nitrogen and oxygen atoms in total. The normalized spacial score (nSPS) is 9.58. The number of nitrogens with zero attached hydrogens (tertiary/aromatic N) is 1. The molecule has 0 unspecified atom stereocenters. The minimum Gasteiger partial charge on any atom is -1.00 e. The highest BCUT2D eigenvalue weighted by Gasteiger charge is 2.11. The van der Waals surface area contributed by atoms with Gasteiger partial charge in [0, 0.05) is 17.7 Å². The Morgan fingerprint density at radius 3 is 2.21 bits per heavy atom. The highest BCUT2D eigenvalue weighted by Crippen LogP contribution is 2.11. The fourth-order valence-corrected chi connectivity index (χ4v) is 1.67. The van der Waals surface area contributed by atoms with Crippen LogP contribution in [0.25, 0.3) is 0 Å². The fraction of sp³-hybridized carbons (Fsp3) is 0.200. The smallest absolute Gasteiger partial charge is 0.227 e. The number of ketones is 1. The van der Waals surface area contributed by atoms with Crippen LogP contribution in [0, 0.1) is 6.92 Å². The van der Waals surface area contributed by atoms with Crippen LogP contribution in [0.2, 0.25) is 0 Å². The molecule has 0 bridgehead atoms. The number of ether oxygens (including phenoxy) is 1. The molecule has 1 aromatic heterocycles. The third-order valence-electron chi connectivity index (χ3n) is 2.80. The standard InChI is InChI=1S/C15H16NO2.HI/c1-12-7-9-16(10-8-12)11-15(17)13-3-5-14(18-2)6-4-13;/h3-10H,11H2,1-2H3;1H/q+1;/p-1. The van der Waals surface area contributed by atoms with Crippen LogP contribution in [-0.2, 0) is 6.54 Å². The van der Waals surface area contributed by atoms with Crippen molar-refractivity contribution in [2.75, 3.05) is 7.11 Å². The van der Waals surface area contributed by atoms with Gasteiger partial charge in [-0.25, -0.2) is 0 Å². The lowest BCUT2D eigenvalue weighted by molar-refractivity contribution is -0.683. The molecule has 0 amide bonds. The number of hydrogen-bond donors (Lipinski definition) is 0. The maximum Gasteiger partial charge on any atom is 0.227 e. The molecule has 1 heterocycles. The number of Topliss-reactive ketones (excluding diaryl/α,β-unsaturated/α-hetero) is 1. The first kappa shape index (κ1) is 15.6. The maximum atomic E-state index is 12.0. The van der Waals surface area contributed by atoms with Crippen molar-refractivity contribution in [1.82, 2.24) is 0 Å². The van der Waals surface area contributed by atoms with Crippen molar-refractivity contribution in [2.45, 2.75) is 13.5 Å². The molecule has 1 aromatic carbocycles. The van der Waals surface area contributed by atoms with Crippen LogP contribution in [0.1, 0.15) is 15.9 Å². The number of hydrogen-bond acceptors (Lipinski definition) is 2. The summed E-state index contributed by atoms with van der Waals surface area (Å²) in [6.45, 7) is 2.38. The van der Waals surface area contributed by atoms with Gasteiger partial charge in [-0.1, -0.05) is 0 Å². The van der Waals surface area contributed by atoms with E-state index < -0.39 is 0 Å². The van der Waals surface area contributed by atoms with E-state index in [2.05, 4.69) is 0 Å². The number of carbonyl (C=O) groups excluding carboxylic acids is 1. The summed E-state index contributed by atoms with van der Waals surface area (Å²) in [6.07, 6.45) is 3.83. The summed E-state index contributed by atoms with van der Waals surface area (Å²) < 4.78 is 6.94. The van der Waals surface area contributed by atoms with Crippen molar-refractivity contribution >= 4 is 5.78 Å². The molecule has 0 radical (unpaired) electrons. The fourth-order valence-electron chi connectivity index (χ4n) is 1.67. The van der Waals surface area contributed by atoms with E-state index in [0.29, 0.717) is 12.1 Å². The molecular formula is C15H16INO2. The molecule has 0 aliphatic heterocycles. The quantitative estimate of drug-likeness (QED) is 0.401. The Morgan fingerprint density at radius 1 is 1.11 bits per heavy atom. The molecule has 4 heteroatoms. The van der Waals surface area contributed by atoms with Crippen LogP contribution >= 0.6 is 0 Å². The molecule has 2 rings (SSSR count). The van der Waals surface area contributed by atoms with Crippen molar-refractivity contribution in [3.63, 3.8) is 0 Å². The van der Waals surface area contributed by atoms with Crippen molar-refractivity contribution in [2.24, 2.45) is 0 Å². The highest BCUT2D eigenvalue weighted by molar-refractivity contribution is 5.95. The minimum absolute atomic E-state index is 0. The predicted molar refractivity (Wildman–Crippen MR) is 68.7 cm³/mol. The highest BCUT2D eigenvalue weighted by atomic mass is 127. The van der Waals surface area contributed by atoms with Gasteiger partial charge in [0.15, 0.2) is 12.4 Å². The van der Waals surface area contributed by atoms with Gasteiger partial charge in [-0.05, 0) is 36.8 Å². The molecule has 0 spiro atoms. The Labute approximate surface area is 130 Å². The van der Waals surface area contributed by atoms with Gasteiger partial charge in [-0.2, -0.15) is 4.57 Å². The number of aromatic nitrogens is 1. The molecule has 19 heavy (non-hydrogen) atoms. The third kappa shape index (κ3) is 4.31. The molecular weight excluding hydrogens is 353 g/mol. The molecule has 0 aliphatic rings. The lowest BCUT2D eigenvalue weighted by Gasteiger charge is -2.01. The van der Waals surface area contributed by atoms with Crippen molar-refractivity contribution < 1.29 is 38.1 Å². The van der Waals surface area contributed by atoms with Gasteiger partial charge in [0.2, 0.25) is 12.3 Å². The molecule has 0 saturated heterocycles. The van der Waals surface area contributed by atoms with Crippen molar-refractivity contribution in [3.8, 4) is 5.75 Å². The lowest BCUT2D eigenvalue weighted by Crippen LogP contribution is -3.00. The number of pyridine rings is 1. The predicted octanol–water partition coefficient (Wildman–Crippen LogP) is -0.822. The Morgan fingerprint density at radius 2 is 1.68 bits per heavy atom. The number of aryl methyl sites for hydroxylation is 1. The average Bonchev–Trinajstić information content (AvgIpc) is 2.41. The number of carbonyl (C=O) groups is 1. The Hall–Kier alpha value is -1.43. The summed E-state index contributed by atoms with van der Waals surface area (Å²) in [6, 6.07) is 11.1.